The summed E-state index contributed by atoms with van der Waals surface area (Å²) < 4.78 is 0. The fourth-order valence-electron chi connectivity index (χ4n) is 0.189. The lowest BCUT2D eigenvalue weighted by molar-refractivity contribution is 0.919. The van der Waals surface area contributed by atoms with Gasteiger partial charge in [0.2, 0.25) is 0 Å². The molecule has 0 saturated heterocycles. The van der Waals surface area contributed by atoms with Gasteiger partial charge in [0.1, 0.15) is 0 Å². The third kappa shape index (κ3) is 17.9. The van der Waals surface area contributed by atoms with E-state index in [0.717, 1.165) is 10.7 Å². The normalized spacial score (nSPS) is 14.5. The van der Waals surface area contributed by atoms with Crippen LogP contribution in [0.3, 0.4) is 0 Å². The first kappa shape index (κ1) is 16.4. The molecular formula is C8H16Br4. The molecule has 12 heavy (non-hydrogen) atoms. The molecule has 0 aromatic heterocycles. The Morgan fingerprint density at radius 1 is 0.833 bits per heavy atom. The number of rotatable bonds is 4. The van der Waals surface area contributed by atoms with Crippen molar-refractivity contribution in [2.75, 3.05) is 10.7 Å². The summed E-state index contributed by atoms with van der Waals surface area (Å²) >= 11 is 13.4. The zero-order valence-corrected chi connectivity index (χ0v) is 13.8. The number of unbranched alkanes of at least 4 members (excludes halogenated alkanes) is 1. The van der Waals surface area contributed by atoms with Gasteiger partial charge in [-0.1, -0.05) is 77.6 Å². The van der Waals surface area contributed by atoms with E-state index in [1.165, 1.54) is 12.8 Å². The van der Waals surface area contributed by atoms with E-state index >= 15 is 0 Å². The lowest BCUT2D eigenvalue weighted by atomic mass is 10.4. The molecule has 2 atom stereocenters. The lowest BCUT2D eigenvalue weighted by Gasteiger charge is -2.01. The van der Waals surface area contributed by atoms with Crippen molar-refractivity contribution in [3.05, 3.63) is 0 Å². The molecule has 2 unspecified atom stereocenters. The van der Waals surface area contributed by atoms with Crippen LogP contribution in [0.4, 0.5) is 0 Å². The van der Waals surface area contributed by atoms with Crippen molar-refractivity contribution in [1.29, 1.82) is 0 Å². The summed E-state index contributed by atoms with van der Waals surface area (Å²) in [5, 5.41) is 2.28. The number of hydrogen-bond acceptors (Lipinski definition) is 0. The molecule has 0 fully saturated rings. The van der Waals surface area contributed by atoms with E-state index in [1.807, 2.05) is 0 Å². The van der Waals surface area contributed by atoms with Gasteiger partial charge < -0.3 is 0 Å². The Morgan fingerprint density at radius 3 is 1.17 bits per heavy atom. The quantitative estimate of drug-likeness (QED) is 0.428. The van der Waals surface area contributed by atoms with E-state index in [-0.39, 0.29) is 0 Å². The van der Waals surface area contributed by atoms with Crippen LogP contribution >= 0.6 is 63.7 Å². The molecule has 0 aromatic carbocycles. The van der Waals surface area contributed by atoms with Crippen molar-refractivity contribution in [2.45, 2.75) is 36.3 Å². The van der Waals surface area contributed by atoms with Gasteiger partial charge in [-0.15, -0.1) is 0 Å². The van der Waals surface area contributed by atoms with Crippen LogP contribution in [0.1, 0.15) is 26.7 Å². The maximum absolute atomic E-state index is 3.39. The van der Waals surface area contributed by atoms with E-state index in [4.69, 9.17) is 0 Å². The minimum Gasteiger partial charge on any atom is -0.0928 e. The van der Waals surface area contributed by atoms with E-state index < -0.39 is 0 Å². The molecule has 0 aliphatic rings. The third-order valence-electron chi connectivity index (χ3n) is 1.15. The van der Waals surface area contributed by atoms with Crippen molar-refractivity contribution in [2.24, 2.45) is 0 Å². The van der Waals surface area contributed by atoms with Crippen LogP contribution in [-0.4, -0.2) is 20.3 Å². The Kier molecular flexibility index (Phi) is 17.6. The van der Waals surface area contributed by atoms with Crippen molar-refractivity contribution in [1.82, 2.24) is 0 Å². The fourth-order valence-corrected chi connectivity index (χ4v) is 0.982. The first-order valence-electron chi connectivity index (χ1n) is 3.96. The molecular weight excluding hydrogens is 416 g/mol. The Bertz CT molecular complexity index is 63.5. The summed E-state index contributed by atoms with van der Waals surface area (Å²) in [4.78, 5) is 1.16. The summed E-state index contributed by atoms with van der Waals surface area (Å²) in [6.07, 6.45) is 2.57. The minimum atomic E-state index is 0.581. The zero-order chi connectivity index (χ0) is 9.98. The highest BCUT2D eigenvalue weighted by Gasteiger charge is 2.00. The van der Waals surface area contributed by atoms with Gasteiger partial charge in [0.25, 0.3) is 0 Å². The second-order valence-corrected chi connectivity index (χ2v) is 6.91. The smallest absolute Gasteiger partial charge is 0.0240 e. The van der Waals surface area contributed by atoms with E-state index in [1.54, 1.807) is 0 Å². The maximum Gasteiger partial charge on any atom is 0.0240 e. The molecule has 76 valence electrons. The third-order valence-corrected chi connectivity index (χ3v) is 4.57. The molecule has 4 heteroatoms. The minimum absolute atomic E-state index is 0.581. The summed E-state index contributed by atoms with van der Waals surface area (Å²) in [7, 11) is 0. The van der Waals surface area contributed by atoms with Crippen LogP contribution in [-0.2, 0) is 0 Å². The standard InChI is InChI=1S/2C4H8Br2/c1-3(5)4(2)6;5-3-1-2-4-6/h3-4H,1-2H3;1-4H2. The summed E-state index contributed by atoms with van der Waals surface area (Å²) in [5.74, 6) is 0. The molecule has 0 bridgehead atoms. The molecule has 0 aromatic rings. The van der Waals surface area contributed by atoms with Gasteiger partial charge in [-0.05, 0) is 12.8 Å². The Labute approximate surface area is 110 Å². The van der Waals surface area contributed by atoms with Gasteiger partial charge in [0, 0.05) is 20.3 Å². The van der Waals surface area contributed by atoms with E-state index in [0.29, 0.717) is 9.65 Å². The Hall–Kier alpha value is 1.92. The predicted octanol–water partition coefficient (Wildman–Crippen LogP) is 5.11. The van der Waals surface area contributed by atoms with E-state index in [9.17, 15) is 0 Å². The van der Waals surface area contributed by atoms with Crippen LogP contribution < -0.4 is 0 Å². The summed E-state index contributed by atoms with van der Waals surface area (Å²) in [5.41, 5.74) is 0. The van der Waals surface area contributed by atoms with Crippen molar-refractivity contribution in [3.63, 3.8) is 0 Å². The number of halogens is 4. The molecule has 0 amide bonds. The lowest BCUT2D eigenvalue weighted by Crippen LogP contribution is -2.02. The van der Waals surface area contributed by atoms with Crippen LogP contribution in [0, 0.1) is 0 Å². The fraction of sp³-hybridized carbons (Fsp3) is 1.00. The molecule has 0 spiro atoms. The predicted molar refractivity (Wildman–Crippen MR) is 73.6 cm³/mol. The van der Waals surface area contributed by atoms with Crippen molar-refractivity contribution in [3.8, 4) is 0 Å². The molecule has 0 aliphatic heterocycles. The maximum atomic E-state index is 3.39. The molecule has 0 nitrogen and oxygen atoms in total. The molecule has 0 radical (unpaired) electrons. The van der Waals surface area contributed by atoms with Gasteiger partial charge in [-0.25, -0.2) is 0 Å². The molecule has 0 heterocycles. The highest BCUT2D eigenvalue weighted by molar-refractivity contribution is 9.12. The van der Waals surface area contributed by atoms with Gasteiger partial charge in [-0.3, -0.25) is 0 Å². The first-order chi connectivity index (χ1) is 5.56. The monoisotopic (exact) mass is 428 g/mol. The Balaban J connectivity index is 0. The molecule has 0 rings (SSSR count). The number of hydrogen-bond donors (Lipinski definition) is 0. The van der Waals surface area contributed by atoms with E-state index in [2.05, 4.69) is 77.6 Å². The van der Waals surface area contributed by atoms with Crippen LogP contribution in [0.25, 0.3) is 0 Å². The largest absolute Gasteiger partial charge is 0.0928 e. The molecule has 0 saturated carbocycles. The van der Waals surface area contributed by atoms with Gasteiger partial charge in [0.05, 0.1) is 0 Å². The first-order valence-corrected chi connectivity index (χ1v) is 8.03. The van der Waals surface area contributed by atoms with Crippen LogP contribution in [0.5, 0.6) is 0 Å². The van der Waals surface area contributed by atoms with Gasteiger partial charge >= 0.3 is 0 Å². The van der Waals surface area contributed by atoms with Gasteiger partial charge in [0.15, 0.2) is 0 Å². The van der Waals surface area contributed by atoms with Crippen LogP contribution in [0.2, 0.25) is 0 Å². The molecule has 0 N–H and O–H groups in total. The van der Waals surface area contributed by atoms with Gasteiger partial charge in [-0.2, -0.15) is 0 Å². The highest BCUT2D eigenvalue weighted by atomic mass is 79.9. The highest BCUT2D eigenvalue weighted by Crippen LogP contribution is 2.10. The SMILES string of the molecule is BrCCCCBr.CC(Br)C(C)Br. The second kappa shape index (κ2) is 12.9. The zero-order valence-electron chi connectivity index (χ0n) is 7.49. The van der Waals surface area contributed by atoms with Crippen molar-refractivity contribution >= 4 is 63.7 Å². The summed E-state index contributed by atoms with van der Waals surface area (Å²) in [6, 6.07) is 0. The average Bonchev–Trinajstić information content (AvgIpc) is 2.02. The summed E-state index contributed by atoms with van der Waals surface area (Å²) in [6.45, 7) is 4.22. The average molecular weight is 432 g/mol. The van der Waals surface area contributed by atoms with Crippen LogP contribution in [0.15, 0.2) is 0 Å². The second-order valence-electron chi connectivity index (χ2n) is 2.44. The molecule has 0 aliphatic carbocycles. The Morgan fingerprint density at radius 2 is 1.08 bits per heavy atom. The topological polar surface area (TPSA) is 0 Å². The van der Waals surface area contributed by atoms with Crippen molar-refractivity contribution < 1.29 is 0 Å². The number of alkyl halides is 4.